The Balaban J connectivity index is 1.67. The molecule has 2 fully saturated rings. The van der Waals surface area contributed by atoms with Gasteiger partial charge in [-0.15, -0.1) is 0 Å². The first kappa shape index (κ1) is 29.2. The fourth-order valence-corrected chi connectivity index (χ4v) is 4.82. The molecule has 15 nitrogen and oxygen atoms in total. The first-order chi connectivity index (χ1) is 19.5. The largest absolute Gasteiger partial charge is 0.507 e. The second-order valence-corrected chi connectivity index (χ2v) is 9.83. The van der Waals surface area contributed by atoms with E-state index in [0.29, 0.717) is 0 Å². The van der Waals surface area contributed by atoms with E-state index in [2.05, 4.69) is 0 Å². The molecule has 0 amide bonds. The molecule has 2 aliphatic heterocycles. The van der Waals surface area contributed by atoms with Gasteiger partial charge in [0.05, 0.1) is 19.8 Å². The molecule has 3 aromatic rings. The van der Waals surface area contributed by atoms with Crippen LogP contribution in [-0.2, 0) is 9.47 Å². The summed E-state index contributed by atoms with van der Waals surface area (Å²) in [5.41, 5.74) is -0.944. The summed E-state index contributed by atoms with van der Waals surface area (Å²) in [6, 6.07) is 5.13. The Kier molecular flexibility index (Phi) is 7.99. The molecule has 0 saturated carbocycles. The number of aromatic hydroxyl groups is 1. The zero-order chi connectivity index (χ0) is 29.7. The lowest BCUT2D eigenvalue weighted by Gasteiger charge is -2.40. The Morgan fingerprint density at radius 2 is 1.46 bits per heavy atom. The van der Waals surface area contributed by atoms with Crippen molar-refractivity contribution in [2.24, 2.45) is 0 Å². The minimum Gasteiger partial charge on any atom is -0.507 e. The molecule has 1 aromatic heterocycles. The van der Waals surface area contributed by atoms with Gasteiger partial charge in [-0.3, -0.25) is 4.79 Å². The van der Waals surface area contributed by atoms with Gasteiger partial charge in [-0.2, -0.15) is 0 Å². The van der Waals surface area contributed by atoms with Gasteiger partial charge in [0.15, 0.2) is 11.5 Å². The van der Waals surface area contributed by atoms with Crippen molar-refractivity contribution in [2.75, 3.05) is 13.7 Å². The molecule has 0 radical (unpaired) electrons. The molecule has 0 aliphatic carbocycles. The molecule has 5 rings (SSSR count). The number of benzene rings is 2. The SMILES string of the molecule is COc1cc(O)c2c(=O)c3c(O[C@@H]4O[C@H](CO)[C@@H](O)[C@H](O)[C@H]4O)c(O[C@@H]4O[C@@H](C)[C@H](O)[C@@H](O)[C@H]4O)ccc3oc2c1. The van der Waals surface area contributed by atoms with Gasteiger partial charge in [-0.25, -0.2) is 0 Å². The molecular formula is C26H30O15. The lowest BCUT2D eigenvalue weighted by atomic mass is 9.99. The molecule has 0 unspecified atom stereocenters. The monoisotopic (exact) mass is 582 g/mol. The number of hydrogen-bond donors (Lipinski definition) is 8. The number of aliphatic hydroxyl groups is 7. The third-order valence-corrected chi connectivity index (χ3v) is 7.18. The Bertz CT molecular complexity index is 1470. The van der Waals surface area contributed by atoms with Crippen molar-refractivity contribution >= 4 is 21.9 Å². The average molecular weight is 583 g/mol. The summed E-state index contributed by atoms with van der Waals surface area (Å²) in [6.07, 6.45) is -15.9. The predicted molar refractivity (Wildman–Crippen MR) is 136 cm³/mol. The highest BCUT2D eigenvalue weighted by atomic mass is 16.7. The van der Waals surface area contributed by atoms with E-state index in [1.54, 1.807) is 0 Å². The number of fused-ring (bicyclic) bond motifs is 2. The smallest absolute Gasteiger partial charge is 0.229 e. The van der Waals surface area contributed by atoms with Gasteiger partial charge in [-0.1, -0.05) is 0 Å². The van der Waals surface area contributed by atoms with E-state index in [4.69, 9.17) is 28.1 Å². The fourth-order valence-electron chi connectivity index (χ4n) is 4.82. The Morgan fingerprint density at radius 1 is 0.805 bits per heavy atom. The Morgan fingerprint density at radius 3 is 2.12 bits per heavy atom. The predicted octanol–water partition coefficient (Wildman–Crippen LogP) is -1.95. The van der Waals surface area contributed by atoms with Crippen LogP contribution in [0.3, 0.4) is 0 Å². The number of phenols is 1. The van der Waals surface area contributed by atoms with E-state index < -0.39 is 84.9 Å². The molecule has 2 saturated heterocycles. The third-order valence-electron chi connectivity index (χ3n) is 7.18. The van der Waals surface area contributed by atoms with Crippen LogP contribution in [0.5, 0.6) is 23.0 Å². The first-order valence-electron chi connectivity index (χ1n) is 12.6. The zero-order valence-electron chi connectivity index (χ0n) is 21.7. The second kappa shape index (κ2) is 11.2. The quantitative estimate of drug-likeness (QED) is 0.147. The van der Waals surface area contributed by atoms with Crippen molar-refractivity contribution in [2.45, 2.75) is 68.3 Å². The number of ether oxygens (including phenoxy) is 5. The van der Waals surface area contributed by atoms with Crippen molar-refractivity contribution in [3.8, 4) is 23.0 Å². The van der Waals surface area contributed by atoms with E-state index in [0.717, 1.165) is 0 Å². The molecule has 15 heteroatoms. The van der Waals surface area contributed by atoms with Crippen LogP contribution in [0.2, 0.25) is 0 Å². The lowest BCUT2D eigenvalue weighted by Crippen LogP contribution is -2.60. The van der Waals surface area contributed by atoms with Gasteiger partial charge in [-0.05, 0) is 19.1 Å². The Hall–Kier alpha value is -3.25. The van der Waals surface area contributed by atoms with E-state index in [9.17, 15) is 45.6 Å². The maximum atomic E-state index is 13.8. The molecule has 224 valence electrons. The van der Waals surface area contributed by atoms with Crippen molar-refractivity contribution in [1.29, 1.82) is 0 Å². The third kappa shape index (κ3) is 5.05. The van der Waals surface area contributed by atoms with Crippen LogP contribution in [0.25, 0.3) is 21.9 Å². The van der Waals surface area contributed by atoms with Gasteiger partial charge in [0.1, 0.15) is 76.2 Å². The summed E-state index contributed by atoms with van der Waals surface area (Å²) in [4.78, 5) is 13.8. The minimum atomic E-state index is -1.88. The minimum absolute atomic E-state index is 0.0382. The van der Waals surface area contributed by atoms with E-state index in [1.165, 1.54) is 38.3 Å². The molecule has 3 heterocycles. The van der Waals surface area contributed by atoms with Gasteiger partial charge < -0.3 is 69.0 Å². The second-order valence-electron chi connectivity index (χ2n) is 9.83. The van der Waals surface area contributed by atoms with Crippen molar-refractivity contribution in [1.82, 2.24) is 0 Å². The Labute approximate surface area is 230 Å². The number of methoxy groups -OCH3 is 1. The van der Waals surface area contributed by atoms with Crippen LogP contribution in [0.15, 0.2) is 33.5 Å². The highest BCUT2D eigenvalue weighted by Gasteiger charge is 2.46. The molecule has 0 bridgehead atoms. The van der Waals surface area contributed by atoms with Crippen LogP contribution in [0.1, 0.15) is 6.92 Å². The molecule has 2 aromatic carbocycles. The van der Waals surface area contributed by atoms with Crippen LogP contribution in [0, 0.1) is 0 Å². The van der Waals surface area contributed by atoms with Crippen LogP contribution in [0.4, 0.5) is 0 Å². The standard InChI is InChI=1S/C26H30O15/c1-8-17(29)20(32)22(34)25(37-8)39-12-4-3-11-16(19(31)15-10(28)5-9(36-2)6-13(15)38-11)24(12)41-26-23(35)21(33)18(30)14(7-27)40-26/h3-6,8,14,17-18,20-23,25-30,32-35H,7H2,1-2H3/t8-,14+,17-,18+,20+,21-,22+,23+,25-,26-/m0/s1. The molecule has 41 heavy (non-hydrogen) atoms. The van der Waals surface area contributed by atoms with Gasteiger partial charge in [0.25, 0.3) is 0 Å². The van der Waals surface area contributed by atoms with E-state index in [1.807, 2.05) is 0 Å². The van der Waals surface area contributed by atoms with Crippen molar-refractivity contribution < 1.29 is 69.0 Å². The number of rotatable bonds is 6. The van der Waals surface area contributed by atoms with Gasteiger partial charge in [0.2, 0.25) is 18.0 Å². The van der Waals surface area contributed by atoms with Crippen LogP contribution in [-0.4, -0.2) is 116 Å². The van der Waals surface area contributed by atoms with Crippen molar-refractivity contribution in [3.63, 3.8) is 0 Å². The highest BCUT2D eigenvalue weighted by Crippen LogP contribution is 2.41. The summed E-state index contributed by atoms with van der Waals surface area (Å²) in [5, 5.41) is 81.3. The van der Waals surface area contributed by atoms with E-state index >= 15 is 0 Å². The molecule has 10 atom stereocenters. The van der Waals surface area contributed by atoms with Crippen molar-refractivity contribution in [3.05, 3.63) is 34.5 Å². The highest BCUT2D eigenvalue weighted by molar-refractivity contribution is 5.97. The van der Waals surface area contributed by atoms with Crippen LogP contribution >= 0.6 is 0 Å². The maximum Gasteiger partial charge on any atom is 0.229 e. The molecular weight excluding hydrogens is 552 g/mol. The first-order valence-corrected chi connectivity index (χ1v) is 12.6. The molecule has 0 spiro atoms. The summed E-state index contributed by atoms with van der Waals surface area (Å²) in [5.74, 6) is -1.04. The molecule has 2 aliphatic rings. The summed E-state index contributed by atoms with van der Waals surface area (Å²) in [6.45, 7) is 0.673. The summed E-state index contributed by atoms with van der Waals surface area (Å²) < 4.78 is 33.5. The topological polar surface area (TPSA) is 238 Å². The lowest BCUT2D eigenvalue weighted by molar-refractivity contribution is -0.279. The normalized spacial score (nSPS) is 34.1. The molecule has 8 N–H and O–H groups in total. The van der Waals surface area contributed by atoms with Crippen LogP contribution < -0.4 is 19.6 Å². The number of hydrogen-bond acceptors (Lipinski definition) is 15. The van der Waals surface area contributed by atoms with Gasteiger partial charge in [0, 0.05) is 12.1 Å². The summed E-state index contributed by atoms with van der Waals surface area (Å²) >= 11 is 0. The number of aliphatic hydroxyl groups excluding tert-OH is 7. The average Bonchev–Trinajstić information content (AvgIpc) is 2.95. The fraction of sp³-hybridized carbons (Fsp3) is 0.500. The van der Waals surface area contributed by atoms with Gasteiger partial charge >= 0.3 is 0 Å². The zero-order valence-corrected chi connectivity index (χ0v) is 21.7. The number of phenolic OH excluding ortho intramolecular Hbond substituents is 1. The summed E-state index contributed by atoms with van der Waals surface area (Å²) in [7, 11) is 1.36. The maximum absolute atomic E-state index is 13.8. The van der Waals surface area contributed by atoms with E-state index in [-0.39, 0.29) is 33.4 Å².